The van der Waals surface area contributed by atoms with Gasteiger partial charge in [-0.3, -0.25) is 0 Å². The van der Waals surface area contributed by atoms with Gasteiger partial charge in [0.25, 0.3) is 0 Å². The van der Waals surface area contributed by atoms with Gasteiger partial charge in [0.1, 0.15) is 5.75 Å². The first kappa shape index (κ1) is 28.7. The van der Waals surface area contributed by atoms with Gasteiger partial charge in [0.2, 0.25) is 0 Å². The molecule has 0 unspecified atom stereocenters. The van der Waals surface area contributed by atoms with E-state index in [1.54, 1.807) is 7.11 Å². The Balaban J connectivity index is 2.05. The Morgan fingerprint density at radius 3 is 1.86 bits per heavy atom. The lowest BCUT2D eigenvalue weighted by atomic mass is 9.69. The molecule has 37 heavy (non-hydrogen) atoms. The molecule has 0 aliphatic rings. The first-order chi connectivity index (χ1) is 17.7. The monoisotopic (exact) mass is 498 g/mol. The van der Waals surface area contributed by atoms with E-state index in [0.29, 0.717) is 0 Å². The minimum atomic E-state index is -0.736. The molecule has 198 valence electrons. The number of aryl methyl sites for hydroxylation is 3. The Kier molecular flexibility index (Phi) is 9.42. The van der Waals surface area contributed by atoms with Gasteiger partial charge in [0, 0.05) is 11.0 Å². The summed E-state index contributed by atoms with van der Waals surface area (Å²) in [6.45, 7) is 15.2. The maximum atomic E-state index is 10.7. The Labute approximate surface area is 225 Å². The van der Waals surface area contributed by atoms with Crippen LogP contribution < -0.4 is 4.74 Å². The van der Waals surface area contributed by atoms with Crippen molar-refractivity contribution in [2.24, 2.45) is 0 Å². The molecule has 3 rings (SSSR count). The highest BCUT2D eigenvalue weighted by atomic mass is 16.5. The quantitative estimate of drug-likeness (QED) is 0.285. The molecule has 0 saturated heterocycles. The van der Waals surface area contributed by atoms with Crippen LogP contribution >= 0.6 is 0 Å². The number of methoxy groups -OCH3 is 1. The van der Waals surface area contributed by atoms with E-state index >= 15 is 0 Å². The third kappa shape index (κ3) is 5.85. The SMILES string of the molecule is CCc1ccc(OC)c(-c2ccc(C(CC)(CC)c3ccc(/C=C/C(O)(CC)CC)c(C)c3)cc2C)c1. The second-order valence-corrected chi connectivity index (χ2v) is 10.4. The topological polar surface area (TPSA) is 29.5 Å². The van der Waals surface area contributed by atoms with Crippen molar-refractivity contribution < 1.29 is 9.84 Å². The van der Waals surface area contributed by atoms with E-state index in [1.807, 2.05) is 19.9 Å². The van der Waals surface area contributed by atoms with Gasteiger partial charge < -0.3 is 9.84 Å². The first-order valence-corrected chi connectivity index (χ1v) is 14.0. The zero-order valence-electron chi connectivity index (χ0n) is 24.2. The van der Waals surface area contributed by atoms with Crippen molar-refractivity contribution in [1.82, 2.24) is 0 Å². The van der Waals surface area contributed by atoms with Crippen LogP contribution in [0.2, 0.25) is 0 Å². The van der Waals surface area contributed by atoms with Crippen LogP contribution in [-0.2, 0) is 11.8 Å². The number of hydrogen-bond acceptors (Lipinski definition) is 2. The molecule has 2 heteroatoms. The molecule has 0 saturated carbocycles. The summed E-state index contributed by atoms with van der Waals surface area (Å²) >= 11 is 0. The van der Waals surface area contributed by atoms with Gasteiger partial charge in [-0.1, -0.05) is 89.2 Å². The molecule has 0 atom stereocenters. The van der Waals surface area contributed by atoms with Crippen LogP contribution in [0.5, 0.6) is 5.75 Å². The highest BCUT2D eigenvalue weighted by Gasteiger charge is 2.31. The van der Waals surface area contributed by atoms with E-state index in [2.05, 4.69) is 95.3 Å². The largest absolute Gasteiger partial charge is 0.496 e. The predicted octanol–water partition coefficient (Wildman–Crippen LogP) is 9.21. The van der Waals surface area contributed by atoms with Gasteiger partial charge >= 0.3 is 0 Å². The first-order valence-electron chi connectivity index (χ1n) is 14.0. The molecule has 3 aromatic carbocycles. The van der Waals surface area contributed by atoms with Crippen LogP contribution in [0.4, 0.5) is 0 Å². The molecule has 0 fully saturated rings. The van der Waals surface area contributed by atoms with Crippen LogP contribution in [0.15, 0.2) is 60.7 Å². The summed E-state index contributed by atoms with van der Waals surface area (Å²) in [7, 11) is 1.75. The van der Waals surface area contributed by atoms with Crippen molar-refractivity contribution in [3.05, 3.63) is 94.1 Å². The fraction of sp³-hybridized carbons (Fsp3) is 0.429. The molecule has 0 spiro atoms. The van der Waals surface area contributed by atoms with Gasteiger partial charge in [0.05, 0.1) is 12.7 Å². The van der Waals surface area contributed by atoms with E-state index < -0.39 is 5.60 Å². The fourth-order valence-corrected chi connectivity index (χ4v) is 5.57. The summed E-state index contributed by atoms with van der Waals surface area (Å²) in [5.74, 6) is 0.919. The lowest BCUT2D eigenvalue weighted by Gasteiger charge is -2.34. The third-order valence-electron chi connectivity index (χ3n) is 8.57. The van der Waals surface area contributed by atoms with Crippen molar-refractivity contribution in [3.8, 4) is 16.9 Å². The summed E-state index contributed by atoms with van der Waals surface area (Å²) < 4.78 is 5.72. The molecule has 0 heterocycles. The minimum Gasteiger partial charge on any atom is -0.496 e. The molecular weight excluding hydrogens is 452 g/mol. The van der Waals surface area contributed by atoms with E-state index in [-0.39, 0.29) is 5.41 Å². The van der Waals surface area contributed by atoms with Crippen LogP contribution in [0.25, 0.3) is 17.2 Å². The Morgan fingerprint density at radius 2 is 1.35 bits per heavy atom. The van der Waals surface area contributed by atoms with Crippen molar-refractivity contribution in [2.75, 3.05) is 7.11 Å². The molecule has 0 bridgehead atoms. The molecule has 3 aromatic rings. The van der Waals surface area contributed by atoms with Crippen LogP contribution in [0.3, 0.4) is 0 Å². The van der Waals surface area contributed by atoms with Crippen LogP contribution in [0, 0.1) is 13.8 Å². The van der Waals surface area contributed by atoms with Crippen molar-refractivity contribution in [3.63, 3.8) is 0 Å². The molecule has 0 aliphatic carbocycles. The van der Waals surface area contributed by atoms with Crippen molar-refractivity contribution in [1.29, 1.82) is 0 Å². The highest BCUT2D eigenvalue weighted by Crippen LogP contribution is 2.42. The molecule has 1 N–H and O–H groups in total. The lowest BCUT2D eigenvalue weighted by molar-refractivity contribution is 0.0836. The molecule has 0 radical (unpaired) electrons. The van der Waals surface area contributed by atoms with E-state index in [0.717, 1.165) is 43.4 Å². The predicted molar refractivity (Wildman–Crippen MR) is 160 cm³/mol. The fourth-order valence-electron chi connectivity index (χ4n) is 5.57. The Bertz CT molecular complexity index is 1230. The van der Waals surface area contributed by atoms with E-state index in [1.165, 1.54) is 38.9 Å². The molecule has 2 nitrogen and oxygen atoms in total. The molecule has 0 amide bonds. The summed E-state index contributed by atoms with van der Waals surface area (Å²) in [4.78, 5) is 0. The molecular formula is C35H46O2. The number of ether oxygens (including phenoxy) is 1. The summed E-state index contributed by atoms with van der Waals surface area (Å²) in [5.41, 5.74) is 9.30. The van der Waals surface area contributed by atoms with E-state index in [9.17, 15) is 5.11 Å². The second kappa shape index (κ2) is 12.1. The maximum Gasteiger partial charge on any atom is 0.126 e. The lowest BCUT2D eigenvalue weighted by Crippen LogP contribution is -2.26. The van der Waals surface area contributed by atoms with Gasteiger partial charge in [0.15, 0.2) is 0 Å². The normalized spacial score (nSPS) is 12.4. The van der Waals surface area contributed by atoms with Gasteiger partial charge in [-0.05, 0) is 97.0 Å². The van der Waals surface area contributed by atoms with Gasteiger partial charge in [-0.15, -0.1) is 0 Å². The average molecular weight is 499 g/mol. The number of hydrogen-bond donors (Lipinski definition) is 1. The van der Waals surface area contributed by atoms with Crippen LogP contribution in [-0.4, -0.2) is 17.8 Å². The second-order valence-electron chi connectivity index (χ2n) is 10.4. The highest BCUT2D eigenvalue weighted by molar-refractivity contribution is 5.74. The maximum absolute atomic E-state index is 10.7. The summed E-state index contributed by atoms with van der Waals surface area (Å²) in [6.07, 6.45) is 8.54. The molecule has 0 aliphatic heterocycles. The van der Waals surface area contributed by atoms with Gasteiger partial charge in [-0.25, -0.2) is 0 Å². The number of rotatable bonds is 11. The van der Waals surface area contributed by atoms with Crippen LogP contribution in [0.1, 0.15) is 93.7 Å². The minimum absolute atomic E-state index is 0.0563. The average Bonchev–Trinajstić information content (AvgIpc) is 2.93. The smallest absolute Gasteiger partial charge is 0.126 e. The molecule has 0 aromatic heterocycles. The van der Waals surface area contributed by atoms with Crippen molar-refractivity contribution in [2.45, 2.75) is 91.6 Å². The van der Waals surface area contributed by atoms with Gasteiger partial charge in [-0.2, -0.15) is 0 Å². The number of aliphatic hydroxyl groups is 1. The van der Waals surface area contributed by atoms with E-state index in [4.69, 9.17) is 4.74 Å². The summed E-state index contributed by atoms with van der Waals surface area (Å²) in [6, 6.07) is 20.3. The third-order valence-corrected chi connectivity index (χ3v) is 8.57. The zero-order chi connectivity index (χ0) is 27.2. The zero-order valence-corrected chi connectivity index (χ0v) is 24.2. The number of benzene rings is 3. The summed E-state index contributed by atoms with van der Waals surface area (Å²) in [5, 5.41) is 10.7. The Hall–Kier alpha value is -2.84. The Morgan fingerprint density at radius 1 is 0.730 bits per heavy atom. The standard InChI is InChI=1S/C35H46O2/c1-9-27-14-19-33(37-8)32(24-27)31-18-17-30(23-26(31)7)35(12-4,13-5)29-16-15-28(25(6)22-29)20-21-34(36,10-2)11-3/h14-24,36H,9-13H2,1-8H3/b21-20+. The van der Waals surface area contributed by atoms with Crippen molar-refractivity contribution >= 4 is 6.08 Å².